The second kappa shape index (κ2) is 4.49. The van der Waals surface area contributed by atoms with Crippen LogP contribution < -0.4 is 9.47 Å². The van der Waals surface area contributed by atoms with E-state index in [2.05, 4.69) is 21.0 Å². The number of nitrogens with zero attached hydrogens (tertiary/aromatic N) is 2. The van der Waals surface area contributed by atoms with Gasteiger partial charge in [-0.1, -0.05) is 0 Å². The normalized spacial score (nSPS) is 17.5. The number of aromatic nitrogens is 2. The van der Waals surface area contributed by atoms with Crippen LogP contribution in [0.5, 0.6) is 11.5 Å². The summed E-state index contributed by atoms with van der Waals surface area (Å²) in [6, 6.07) is 5.28. The van der Waals surface area contributed by atoms with E-state index in [4.69, 9.17) is 14.6 Å². The maximum Gasteiger partial charge on any atom is 0.356 e. The van der Waals surface area contributed by atoms with Crippen molar-refractivity contribution in [1.29, 1.82) is 0 Å². The molecule has 7 heteroatoms. The van der Waals surface area contributed by atoms with Crippen LogP contribution in [0, 0.1) is 0 Å². The highest BCUT2D eigenvalue weighted by atomic mass is 79.9. The van der Waals surface area contributed by atoms with Crippen LogP contribution in [0.25, 0.3) is 11.3 Å². The molecule has 1 spiro atoms. The van der Waals surface area contributed by atoms with Crippen LogP contribution in [0.15, 0.2) is 22.7 Å². The average molecular weight is 365 g/mol. The number of hydrogen-bond acceptors (Lipinski definition) is 4. The fourth-order valence-corrected chi connectivity index (χ4v) is 3.33. The van der Waals surface area contributed by atoms with Gasteiger partial charge in [0, 0.05) is 29.9 Å². The summed E-state index contributed by atoms with van der Waals surface area (Å²) in [5, 5.41) is 13.1. The molecule has 114 valence electrons. The zero-order valence-corrected chi connectivity index (χ0v) is 13.4. The van der Waals surface area contributed by atoms with Gasteiger partial charge in [-0.05, 0) is 40.5 Å². The Hall–Kier alpha value is -2.02. The van der Waals surface area contributed by atoms with Gasteiger partial charge >= 0.3 is 5.97 Å². The zero-order chi connectivity index (χ0) is 15.5. The number of hydrogen-bond donors (Lipinski definition) is 1. The van der Waals surface area contributed by atoms with Crippen molar-refractivity contribution in [3.63, 3.8) is 0 Å². The molecule has 0 bridgehead atoms. The molecule has 22 heavy (non-hydrogen) atoms. The van der Waals surface area contributed by atoms with Crippen molar-refractivity contribution in [3.8, 4) is 22.8 Å². The molecule has 4 rings (SSSR count). The second-order valence-electron chi connectivity index (χ2n) is 5.59. The number of rotatable bonds is 2. The molecule has 1 aliphatic heterocycles. The molecule has 2 aliphatic rings. The molecule has 1 aromatic heterocycles. The van der Waals surface area contributed by atoms with Crippen molar-refractivity contribution in [3.05, 3.63) is 28.4 Å². The van der Waals surface area contributed by atoms with Gasteiger partial charge in [0.1, 0.15) is 0 Å². The SMILES string of the molecule is Cn1nc(C(=O)O)cc1-c1cc2c(cc1Br)OC1(CCC1)O2. The van der Waals surface area contributed by atoms with Crippen LogP contribution in [0.1, 0.15) is 29.8 Å². The first kappa shape index (κ1) is 13.6. The highest BCUT2D eigenvalue weighted by Gasteiger charge is 2.47. The Bertz CT molecular complexity index is 795. The van der Waals surface area contributed by atoms with Crippen LogP contribution in [-0.4, -0.2) is 26.6 Å². The van der Waals surface area contributed by atoms with Gasteiger partial charge in [0.25, 0.3) is 5.79 Å². The molecule has 0 atom stereocenters. The summed E-state index contributed by atoms with van der Waals surface area (Å²) in [6.45, 7) is 0. The number of halogens is 1. The summed E-state index contributed by atoms with van der Waals surface area (Å²) in [4.78, 5) is 11.1. The Morgan fingerprint density at radius 1 is 1.32 bits per heavy atom. The van der Waals surface area contributed by atoms with E-state index in [1.165, 1.54) is 0 Å². The Balaban J connectivity index is 1.78. The molecule has 1 aliphatic carbocycles. The third kappa shape index (κ3) is 1.92. The van der Waals surface area contributed by atoms with Gasteiger partial charge in [-0.3, -0.25) is 4.68 Å². The second-order valence-corrected chi connectivity index (χ2v) is 6.45. The topological polar surface area (TPSA) is 73.6 Å². The smallest absolute Gasteiger partial charge is 0.356 e. The van der Waals surface area contributed by atoms with Gasteiger partial charge in [-0.15, -0.1) is 0 Å². The van der Waals surface area contributed by atoms with Crippen LogP contribution in [-0.2, 0) is 7.05 Å². The molecule has 0 saturated heterocycles. The minimum absolute atomic E-state index is 0.0116. The van der Waals surface area contributed by atoms with Gasteiger partial charge < -0.3 is 14.6 Å². The lowest BCUT2D eigenvalue weighted by Crippen LogP contribution is -2.45. The average Bonchev–Trinajstić information content (AvgIpc) is 2.98. The van der Waals surface area contributed by atoms with E-state index in [9.17, 15) is 4.79 Å². The van der Waals surface area contributed by atoms with Gasteiger partial charge in [0.2, 0.25) is 0 Å². The van der Waals surface area contributed by atoms with E-state index in [0.717, 1.165) is 35.0 Å². The minimum Gasteiger partial charge on any atom is -0.476 e. The number of carboxylic acid groups (broad SMARTS) is 1. The number of aryl methyl sites for hydroxylation is 1. The summed E-state index contributed by atoms with van der Waals surface area (Å²) < 4.78 is 14.2. The Morgan fingerprint density at radius 3 is 2.55 bits per heavy atom. The highest BCUT2D eigenvalue weighted by molar-refractivity contribution is 9.10. The van der Waals surface area contributed by atoms with Gasteiger partial charge in [0.15, 0.2) is 17.2 Å². The Kier molecular flexibility index (Phi) is 2.78. The quantitative estimate of drug-likeness (QED) is 0.885. The first-order valence-corrected chi connectivity index (χ1v) is 7.76. The first-order chi connectivity index (χ1) is 10.5. The molecule has 0 unspecified atom stereocenters. The monoisotopic (exact) mass is 364 g/mol. The van der Waals surface area contributed by atoms with E-state index >= 15 is 0 Å². The number of benzene rings is 1. The van der Waals surface area contributed by atoms with Crippen LogP contribution >= 0.6 is 15.9 Å². The Labute approximate surface area is 134 Å². The molecular weight excluding hydrogens is 352 g/mol. The molecule has 1 saturated carbocycles. The number of aromatic carboxylic acids is 1. The Morgan fingerprint density at radius 2 is 2.00 bits per heavy atom. The zero-order valence-electron chi connectivity index (χ0n) is 11.8. The summed E-state index contributed by atoms with van der Waals surface area (Å²) in [7, 11) is 1.71. The van der Waals surface area contributed by atoms with Gasteiger partial charge in [-0.25, -0.2) is 4.79 Å². The van der Waals surface area contributed by atoms with E-state index < -0.39 is 11.8 Å². The molecule has 0 amide bonds. The summed E-state index contributed by atoms with van der Waals surface area (Å²) in [5.41, 5.74) is 1.53. The predicted octanol–water partition coefficient (Wildman–Crippen LogP) is 3.20. The summed E-state index contributed by atoms with van der Waals surface area (Å²) >= 11 is 3.52. The summed E-state index contributed by atoms with van der Waals surface area (Å²) in [6.07, 6.45) is 2.89. The van der Waals surface area contributed by atoms with Crippen molar-refractivity contribution in [2.24, 2.45) is 7.05 Å². The fourth-order valence-electron chi connectivity index (χ4n) is 2.81. The lowest BCUT2D eigenvalue weighted by molar-refractivity contribution is -0.138. The third-order valence-corrected chi connectivity index (χ3v) is 4.77. The highest BCUT2D eigenvalue weighted by Crippen LogP contribution is 2.50. The van der Waals surface area contributed by atoms with Crippen LogP contribution in [0.3, 0.4) is 0 Å². The number of fused-ring (bicyclic) bond motifs is 1. The molecule has 2 heterocycles. The number of carbonyl (C=O) groups is 1. The number of ether oxygens (including phenoxy) is 2. The lowest BCUT2D eigenvalue weighted by atomic mass is 9.91. The third-order valence-electron chi connectivity index (χ3n) is 4.12. The van der Waals surface area contributed by atoms with E-state index in [-0.39, 0.29) is 5.69 Å². The minimum atomic E-state index is -1.05. The number of carboxylic acids is 1. The lowest BCUT2D eigenvalue weighted by Gasteiger charge is -2.35. The molecule has 1 aromatic carbocycles. The van der Waals surface area contributed by atoms with Crippen molar-refractivity contribution in [2.45, 2.75) is 25.0 Å². The molecule has 2 aromatic rings. The van der Waals surface area contributed by atoms with Gasteiger partial charge in [0.05, 0.1) is 5.69 Å². The maximum absolute atomic E-state index is 11.1. The summed E-state index contributed by atoms with van der Waals surface area (Å²) in [5.74, 6) is -0.127. The van der Waals surface area contributed by atoms with E-state index in [0.29, 0.717) is 11.4 Å². The fraction of sp³-hybridized carbons (Fsp3) is 0.333. The molecule has 0 radical (unpaired) electrons. The molecule has 1 N–H and O–H groups in total. The van der Waals surface area contributed by atoms with Gasteiger partial charge in [-0.2, -0.15) is 5.10 Å². The van der Waals surface area contributed by atoms with Crippen molar-refractivity contribution in [2.75, 3.05) is 0 Å². The maximum atomic E-state index is 11.1. The van der Waals surface area contributed by atoms with E-state index in [1.54, 1.807) is 17.8 Å². The standard InChI is InChI=1S/C15H13BrN2O4/c1-18-11(7-10(17-18)14(19)20)8-5-12-13(6-9(8)16)22-15(21-12)3-2-4-15/h5-7H,2-4H2,1H3,(H,19,20). The van der Waals surface area contributed by atoms with Crippen LogP contribution in [0.2, 0.25) is 0 Å². The molecule has 1 fully saturated rings. The van der Waals surface area contributed by atoms with Crippen LogP contribution in [0.4, 0.5) is 0 Å². The van der Waals surface area contributed by atoms with Crippen molar-refractivity contribution >= 4 is 21.9 Å². The molecular formula is C15H13BrN2O4. The predicted molar refractivity (Wildman–Crippen MR) is 81.1 cm³/mol. The largest absolute Gasteiger partial charge is 0.476 e. The molecule has 6 nitrogen and oxygen atoms in total. The van der Waals surface area contributed by atoms with Crippen molar-refractivity contribution < 1.29 is 19.4 Å². The van der Waals surface area contributed by atoms with Crippen molar-refractivity contribution in [1.82, 2.24) is 9.78 Å². The van der Waals surface area contributed by atoms with E-state index in [1.807, 2.05) is 12.1 Å². The first-order valence-electron chi connectivity index (χ1n) is 6.97.